The van der Waals surface area contributed by atoms with Crippen molar-refractivity contribution in [3.05, 3.63) is 119 Å². The van der Waals surface area contributed by atoms with Crippen LogP contribution in [-0.4, -0.2) is 19.3 Å². The molecule has 0 amide bonds. The molecule has 0 spiro atoms. The minimum absolute atomic E-state index is 0.328. The van der Waals surface area contributed by atoms with Crippen molar-refractivity contribution >= 4 is 21.8 Å². The van der Waals surface area contributed by atoms with Crippen LogP contribution in [0.2, 0.25) is 0 Å². The lowest BCUT2D eigenvalue weighted by molar-refractivity contribution is 0.297. The molecule has 0 bridgehead atoms. The van der Waals surface area contributed by atoms with Crippen molar-refractivity contribution in [3.63, 3.8) is 0 Å². The highest BCUT2D eigenvalue weighted by Gasteiger charge is 2.36. The molecule has 2 atom stereocenters. The van der Waals surface area contributed by atoms with Gasteiger partial charge in [-0.1, -0.05) is 84.7 Å². The van der Waals surface area contributed by atoms with E-state index in [-0.39, 0.29) is 0 Å². The Labute approximate surface area is 310 Å². The number of benzene rings is 3. The van der Waals surface area contributed by atoms with Crippen LogP contribution in [-0.2, 0) is 6.42 Å². The molecule has 6 aromatic rings. The van der Waals surface area contributed by atoms with Gasteiger partial charge in [0.2, 0.25) is 0 Å². The molecular weight excluding hydrogens is 637 g/mol. The first-order valence-electron chi connectivity index (χ1n) is 19.6. The summed E-state index contributed by atoms with van der Waals surface area (Å²) in [7, 11) is 0. The number of aromatic nitrogens is 4. The second-order valence-corrected chi connectivity index (χ2v) is 16.0. The van der Waals surface area contributed by atoms with Gasteiger partial charge in [-0.3, -0.25) is 4.57 Å². The molecule has 5 heteroatoms. The lowest BCUT2D eigenvalue weighted by Gasteiger charge is -2.37. The van der Waals surface area contributed by atoms with Gasteiger partial charge in [0, 0.05) is 46.3 Å². The average molecular weight is 693 g/mol. The lowest BCUT2D eigenvalue weighted by atomic mass is 9.67. The monoisotopic (exact) mass is 692 g/mol. The highest BCUT2D eigenvalue weighted by Crippen LogP contribution is 2.47. The molecule has 0 aliphatic heterocycles. The number of aryl methyl sites for hydroxylation is 2. The molecule has 5 nitrogen and oxygen atoms in total. The van der Waals surface area contributed by atoms with E-state index in [9.17, 15) is 0 Å². The second-order valence-electron chi connectivity index (χ2n) is 16.0. The summed E-state index contributed by atoms with van der Waals surface area (Å²) in [6.07, 6.45) is 10.3. The predicted octanol–water partition coefficient (Wildman–Crippen LogP) is 13.0. The summed E-state index contributed by atoms with van der Waals surface area (Å²) in [6, 6.07) is 26.1. The summed E-state index contributed by atoms with van der Waals surface area (Å²) >= 11 is 0. The predicted molar refractivity (Wildman–Crippen MR) is 218 cm³/mol. The van der Waals surface area contributed by atoms with E-state index < -0.39 is 0 Å². The number of nitrogens with zero attached hydrogens (tertiary/aromatic N) is 4. The Morgan fingerprint density at radius 1 is 0.827 bits per heavy atom. The minimum Gasteiger partial charge on any atom is -0.457 e. The average Bonchev–Trinajstić information content (AvgIpc) is 3.62. The molecule has 270 valence electrons. The number of hydrogen-bond donors (Lipinski definition) is 0. The Morgan fingerprint density at radius 2 is 1.62 bits per heavy atom. The minimum atomic E-state index is 0.328. The molecule has 7 rings (SSSR count). The maximum atomic E-state index is 6.81. The van der Waals surface area contributed by atoms with E-state index in [1.165, 1.54) is 58.8 Å². The fraction of sp³-hybridized carbons (Fsp3) is 0.404. The van der Waals surface area contributed by atoms with Gasteiger partial charge in [0.25, 0.3) is 0 Å². The number of para-hydroxylation sites is 1. The molecule has 1 unspecified atom stereocenters. The molecule has 0 saturated heterocycles. The maximum absolute atomic E-state index is 6.81. The van der Waals surface area contributed by atoms with Crippen molar-refractivity contribution in [2.24, 2.45) is 17.8 Å². The van der Waals surface area contributed by atoms with Gasteiger partial charge in [0.1, 0.15) is 17.3 Å². The third-order valence-electron chi connectivity index (χ3n) is 11.4. The van der Waals surface area contributed by atoms with Crippen molar-refractivity contribution in [1.29, 1.82) is 0 Å². The Morgan fingerprint density at radius 3 is 2.37 bits per heavy atom. The van der Waals surface area contributed by atoms with Gasteiger partial charge in [-0.15, -0.1) is 0 Å². The molecule has 3 aromatic heterocycles. The summed E-state index contributed by atoms with van der Waals surface area (Å²) < 4.78 is 11.3. The molecule has 52 heavy (non-hydrogen) atoms. The summed E-state index contributed by atoms with van der Waals surface area (Å²) in [6.45, 7) is 20.7. The zero-order valence-corrected chi connectivity index (χ0v) is 32.7. The fourth-order valence-corrected chi connectivity index (χ4v) is 8.67. The number of ether oxygens (including phenoxy) is 1. The largest absolute Gasteiger partial charge is 0.457 e. The van der Waals surface area contributed by atoms with Crippen LogP contribution in [0.1, 0.15) is 114 Å². The van der Waals surface area contributed by atoms with Gasteiger partial charge in [-0.2, -0.15) is 5.10 Å². The number of fused-ring (bicyclic) bond motifs is 3. The topological polar surface area (TPSA) is 44.9 Å². The van der Waals surface area contributed by atoms with E-state index in [0.29, 0.717) is 29.6 Å². The van der Waals surface area contributed by atoms with Crippen molar-refractivity contribution < 1.29 is 4.74 Å². The van der Waals surface area contributed by atoms with E-state index in [0.717, 1.165) is 46.2 Å². The van der Waals surface area contributed by atoms with Crippen molar-refractivity contribution in [1.82, 2.24) is 19.3 Å². The first-order chi connectivity index (χ1) is 25.0. The van der Waals surface area contributed by atoms with Crippen LogP contribution >= 0.6 is 0 Å². The third kappa shape index (κ3) is 6.71. The number of rotatable bonds is 11. The molecule has 3 heterocycles. The zero-order valence-electron chi connectivity index (χ0n) is 32.7. The van der Waals surface area contributed by atoms with E-state index in [1.807, 2.05) is 6.20 Å². The summed E-state index contributed by atoms with van der Waals surface area (Å²) in [5.41, 5.74) is 11.2. The van der Waals surface area contributed by atoms with E-state index >= 15 is 0 Å². The number of unbranched alkanes of at least 4 members (excludes halogenated alkanes) is 1. The van der Waals surface area contributed by atoms with Gasteiger partial charge in [0.15, 0.2) is 0 Å². The smallest absolute Gasteiger partial charge is 0.137 e. The second kappa shape index (κ2) is 14.8. The number of pyridine rings is 1. The van der Waals surface area contributed by atoms with Gasteiger partial charge < -0.3 is 4.74 Å². The molecule has 0 fully saturated rings. The first-order valence-corrected chi connectivity index (χ1v) is 19.6. The highest BCUT2D eigenvalue weighted by atomic mass is 16.5. The highest BCUT2D eigenvalue weighted by molar-refractivity contribution is 6.09. The van der Waals surface area contributed by atoms with E-state index in [2.05, 4.69) is 150 Å². The van der Waals surface area contributed by atoms with E-state index in [1.54, 1.807) is 5.57 Å². The van der Waals surface area contributed by atoms with Crippen molar-refractivity contribution in [2.45, 2.75) is 106 Å². The SMILES string of the molecule is CCCCc1ccnc(-n2c3ccccc3c3ccc(Oc4cc(C(C)C)cc(-n5nc(C)c(C6C(C(C)C)=CCC[C@@H]6C(C)C)c5C)c4)cc32)c1. The van der Waals surface area contributed by atoms with Crippen molar-refractivity contribution in [2.75, 3.05) is 0 Å². The quantitative estimate of drug-likeness (QED) is 0.127. The fourth-order valence-electron chi connectivity index (χ4n) is 8.67. The van der Waals surface area contributed by atoms with Gasteiger partial charge in [-0.25, -0.2) is 9.67 Å². The molecule has 1 aliphatic carbocycles. The van der Waals surface area contributed by atoms with Crippen LogP contribution in [0.25, 0.3) is 33.3 Å². The standard InChI is InChI=1S/C47H56N4O/c1-10-11-15-34-22-23-48-45(24-34)50-43-19-13-12-16-41(43)42-21-20-37(28-44(42)50)52-38-26-35(29(2)3)25-36(27-38)51-33(9)46(32(8)49-51)47-39(30(4)5)17-14-18-40(47)31(6)7/h12-13,16-17,19-31,40,47H,10-11,14-15,18H2,1-9H3/t40-,47?/m1/s1. The molecule has 1 aliphatic rings. The Bertz CT molecular complexity index is 2250. The van der Waals surface area contributed by atoms with Crippen LogP contribution in [0.5, 0.6) is 11.5 Å². The zero-order chi connectivity index (χ0) is 36.7. The molecule has 0 saturated carbocycles. The molecule has 3 aromatic carbocycles. The summed E-state index contributed by atoms with van der Waals surface area (Å²) in [5.74, 6) is 5.00. The first kappa shape index (κ1) is 35.7. The summed E-state index contributed by atoms with van der Waals surface area (Å²) in [4.78, 5) is 4.87. The Balaban J connectivity index is 1.31. The normalized spacial score (nSPS) is 16.5. The van der Waals surface area contributed by atoms with Crippen LogP contribution in [0.4, 0.5) is 0 Å². The number of hydrogen-bond acceptors (Lipinski definition) is 3. The molecular formula is C47H56N4O. The van der Waals surface area contributed by atoms with Crippen LogP contribution in [0.3, 0.4) is 0 Å². The third-order valence-corrected chi connectivity index (χ3v) is 11.4. The Kier molecular flexibility index (Phi) is 10.2. The maximum Gasteiger partial charge on any atom is 0.137 e. The van der Waals surface area contributed by atoms with Crippen molar-refractivity contribution in [3.8, 4) is 23.0 Å². The van der Waals surface area contributed by atoms with Crippen LogP contribution in [0.15, 0.2) is 90.6 Å². The number of allylic oxidation sites excluding steroid dienone is 2. The molecule has 0 N–H and O–H groups in total. The van der Waals surface area contributed by atoms with E-state index in [4.69, 9.17) is 14.8 Å². The van der Waals surface area contributed by atoms with Gasteiger partial charge >= 0.3 is 0 Å². The van der Waals surface area contributed by atoms with Crippen LogP contribution in [0, 0.1) is 31.6 Å². The lowest BCUT2D eigenvalue weighted by Crippen LogP contribution is -2.26. The summed E-state index contributed by atoms with van der Waals surface area (Å²) in [5, 5.41) is 7.65. The molecule has 0 radical (unpaired) electrons. The van der Waals surface area contributed by atoms with Gasteiger partial charge in [-0.05, 0) is 117 Å². The van der Waals surface area contributed by atoms with Crippen LogP contribution < -0.4 is 4.74 Å². The Hall–Kier alpha value is -4.64. The van der Waals surface area contributed by atoms with Gasteiger partial charge in [0.05, 0.1) is 22.4 Å².